The van der Waals surface area contributed by atoms with Crippen molar-refractivity contribution in [3.63, 3.8) is 0 Å². The third-order valence-electron chi connectivity index (χ3n) is 5.21. The highest BCUT2D eigenvalue weighted by atomic mass is 16.7. The number of rotatable bonds is 4. The number of piperidine rings is 2. The van der Waals surface area contributed by atoms with Gasteiger partial charge in [-0.05, 0) is 32.2 Å². The zero-order chi connectivity index (χ0) is 16.2. The Labute approximate surface area is 137 Å². The summed E-state index contributed by atoms with van der Waals surface area (Å²) in [7, 11) is 0. The first kappa shape index (κ1) is 16.7. The number of hydrogen-bond acceptors (Lipinski definition) is 5. The highest BCUT2D eigenvalue weighted by Crippen LogP contribution is 2.25. The van der Waals surface area contributed by atoms with Gasteiger partial charge in [0.05, 0.1) is 25.8 Å². The third-order valence-corrected chi connectivity index (χ3v) is 5.21. The molecule has 2 amide bonds. The number of nitrogens with zero attached hydrogens (tertiary/aromatic N) is 2. The van der Waals surface area contributed by atoms with Gasteiger partial charge >= 0.3 is 0 Å². The van der Waals surface area contributed by atoms with Crippen molar-refractivity contribution in [2.24, 2.45) is 11.7 Å². The third kappa shape index (κ3) is 4.02. The van der Waals surface area contributed by atoms with Crippen LogP contribution in [0.3, 0.4) is 0 Å². The summed E-state index contributed by atoms with van der Waals surface area (Å²) in [6, 6.07) is 0.179. The van der Waals surface area contributed by atoms with Crippen LogP contribution in [0.1, 0.15) is 32.1 Å². The molecule has 0 aliphatic carbocycles. The van der Waals surface area contributed by atoms with Crippen LogP contribution < -0.4 is 5.73 Å². The van der Waals surface area contributed by atoms with E-state index in [9.17, 15) is 9.59 Å². The summed E-state index contributed by atoms with van der Waals surface area (Å²) in [5.41, 5.74) is 5.35. The van der Waals surface area contributed by atoms with Crippen LogP contribution in [0.15, 0.2) is 0 Å². The molecule has 23 heavy (non-hydrogen) atoms. The maximum atomic E-state index is 12.6. The quantitative estimate of drug-likeness (QED) is 0.782. The standard InChI is InChI=1S/C16H27N3O4/c17-15(21)12-4-7-18(8-5-12)14(20)11-19-6-2-1-3-13(19)16-22-9-10-23-16/h12-13,16H,1-11H2,(H2,17,21). The number of nitrogens with two attached hydrogens (primary N) is 1. The topological polar surface area (TPSA) is 85.1 Å². The molecule has 0 bridgehead atoms. The van der Waals surface area contributed by atoms with Crippen LogP contribution in [0.25, 0.3) is 0 Å². The lowest BCUT2D eigenvalue weighted by atomic mass is 9.96. The molecule has 130 valence electrons. The molecule has 3 rings (SSSR count). The van der Waals surface area contributed by atoms with E-state index in [0.717, 1.165) is 25.8 Å². The highest BCUT2D eigenvalue weighted by Gasteiger charge is 2.35. The number of carbonyl (C=O) groups excluding carboxylic acids is 2. The fourth-order valence-electron chi connectivity index (χ4n) is 3.81. The summed E-state index contributed by atoms with van der Waals surface area (Å²) in [5.74, 6) is -0.191. The van der Waals surface area contributed by atoms with Crippen LogP contribution >= 0.6 is 0 Å². The Morgan fingerprint density at radius 2 is 1.70 bits per heavy atom. The minimum atomic E-state index is -0.247. The molecule has 3 aliphatic rings. The lowest BCUT2D eigenvalue weighted by molar-refractivity contribution is -0.142. The van der Waals surface area contributed by atoms with Crippen LogP contribution in [-0.4, -0.2) is 73.3 Å². The highest BCUT2D eigenvalue weighted by molar-refractivity contribution is 5.80. The Morgan fingerprint density at radius 1 is 1.00 bits per heavy atom. The molecule has 7 nitrogen and oxygen atoms in total. The molecule has 0 radical (unpaired) electrons. The number of ether oxygens (including phenoxy) is 2. The number of primary amides is 1. The Balaban J connectivity index is 1.52. The Kier molecular flexibility index (Phi) is 5.50. The Bertz CT molecular complexity index is 431. The van der Waals surface area contributed by atoms with Gasteiger partial charge in [-0.1, -0.05) is 6.42 Å². The number of amides is 2. The van der Waals surface area contributed by atoms with Gasteiger partial charge in [-0.2, -0.15) is 0 Å². The van der Waals surface area contributed by atoms with Crippen molar-refractivity contribution in [1.29, 1.82) is 0 Å². The Morgan fingerprint density at radius 3 is 2.35 bits per heavy atom. The van der Waals surface area contributed by atoms with Gasteiger partial charge in [-0.15, -0.1) is 0 Å². The van der Waals surface area contributed by atoms with Gasteiger partial charge in [0.1, 0.15) is 0 Å². The van der Waals surface area contributed by atoms with Gasteiger partial charge < -0.3 is 20.1 Å². The summed E-state index contributed by atoms with van der Waals surface area (Å²) >= 11 is 0. The van der Waals surface area contributed by atoms with E-state index in [1.165, 1.54) is 0 Å². The van der Waals surface area contributed by atoms with Gasteiger partial charge in [0, 0.05) is 19.0 Å². The van der Waals surface area contributed by atoms with E-state index in [4.69, 9.17) is 15.2 Å². The van der Waals surface area contributed by atoms with Gasteiger partial charge in [0.15, 0.2) is 6.29 Å². The van der Waals surface area contributed by atoms with E-state index in [1.807, 2.05) is 4.90 Å². The maximum absolute atomic E-state index is 12.6. The largest absolute Gasteiger partial charge is 0.369 e. The minimum Gasteiger partial charge on any atom is -0.369 e. The van der Waals surface area contributed by atoms with Gasteiger partial charge in [-0.3, -0.25) is 14.5 Å². The summed E-state index contributed by atoms with van der Waals surface area (Å²) in [6.07, 6.45) is 4.45. The summed E-state index contributed by atoms with van der Waals surface area (Å²) in [4.78, 5) is 27.9. The molecule has 7 heteroatoms. The van der Waals surface area contributed by atoms with Crippen molar-refractivity contribution in [1.82, 2.24) is 9.80 Å². The molecular weight excluding hydrogens is 298 g/mol. The van der Waals surface area contributed by atoms with Crippen molar-refractivity contribution < 1.29 is 19.1 Å². The number of hydrogen-bond donors (Lipinski definition) is 1. The normalized spacial score (nSPS) is 28.2. The van der Waals surface area contributed by atoms with E-state index >= 15 is 0 Å². The van der Waals surface area contributed by atoms with E-state index < -0.39 is 0 Å². The molecule has 3 fully saturated rings. The summed E-state index contributed by atoms with van der Waals surface area (Å²) in [6.45, 7) is 3.86. The minimum absolute atomic E-state index is 0.0814. The smallest absolute Gasteiger partial charge is 0.236 e. The second kappa shape index (κ2) is 7.59. The molecule has 0 spiro atoms. The van der Waals surface area contributed by atoms with Crippen molar-refractivity contribution in [3.05, 3.63) is 0 Å². The van der Waals surface area contributed by atoms with E-state index in [1.54, 1.807) is 0 Å². The molecule has 3 aliphatic heterocycles. The van der Waals surface area contributed by atoms with Crippen molar-refractivity contribution >= 4 is 11.8 Å². The van der Waals surface area contributed by atoms with Gasteiger partial charge in [0.2, 0.25) is 11.8 Å². The molecular formula is C16H27N3O4. The first-order valence-corrected chi connectivity index (χ1v) is 8.69. The predicted molar refractivity (Wildman–Crippen MR) is 83.4 cm³/mol. The average Bonchev–Trinajstić information content (AvgIpc) is 3.09. The molecule has 0 aromatic rings. The van der Waals surface area contributed by atoms with Crippen molar-refractivity contribution in [2.75, 3.05) is 39.4 Å². The average molecular weight is 325 g/mol. The number of carbonyl (C=O) groups is 2. The molecule has 1 unspecified atom stereocenters. The van der Waals surface area contributed by atoms with Crippen LogP contribution in [0.4, 0.5) is 0 Å². The van der Waals surface area contributed by atoms with Crippen LogP contribution in [0, 0.1) is 5.92 Å². The van der Waals surface area contributed by atoms with E-state index in [2.05, 4.69) is 4.90 Å². The molecule has 1 atom stereocenters. The maximum Gasteiger partial charge on any atom is 0.236 e. The molecule has 2 N–H and O–H groups in total. The van der Waals surface area contributed by atoms with Crippen LogP contribution in [-0.2, 0) is 19.1 Å². The first-order chi connectivity index (χ1) is 11.1. The fourth-order valence-corrected chi connectivity index (χ4v) is 3.81. The van der Waals surface area contributed by atoms with Crippen LogP contribution in [0.2, 0.25) is 0 Å². The molecule has 3 saturated heterocycles. The van der Waals surface area contributed by atoms with Crippen LogP contribution in [0.5, 0.6) is 0 Å². The van der Waals surface area contributed by atoms with Gasteiger partial charge in [0.25, 0.3) is 0 Å². The zero-order valence-corrected chi connectivity index (χ0v) is 13.6. The lowest BCUT2D eigenvalue weighted by Gasteiger charge is -2.39. The molecule has 0 aromatic heterocycles. The Hall–Kier alpha value is -1.18. The zero-order valence-electron chi connectivity index (χ0n) is 13.6. The second-order valence-electron chi connectivity index (χ2n) is 6.70. The van der Waals surface area contributed by atoms with Crippen molar-refractivity contribution in [2.45, 2.75) is 44.4 Å². The fraction of sp³-hybridized carbons (Fsp3) is 0.875. The van der Waals surface area contributed by atoms with E-state index in [0.29, 0.717) is 45.7 Å². The summed E-state index contributed by atoms with van der Waals surface area (Å²) < 4.78 is 11.3. The second-order valence-corrected chi connectivity index (χ2v) is 6.70. The van der Waals surface area contributed by atoms with Gasteiger partial charge in [-0.25, -0.2) is 0 Å². The molecule has 3 heterocycles. The summed E-state index contributed by atoms with van der Waals surface area (Å²) in [5, 5.41) is 0. The van der Waals surface area contributed by atoms with E-state index in [-0.39, 0.29) is 30.1 Å². The SMILES string of the molecule is NC(=O)C1CCN(C(=O)CN2CCCCC2C2OCCO2)CC1. The van der Waals surface area contributed by atoms with Crippen molar-refractivity contribution in [3.8, 4) is 0 Å². The number of likely N-dealkylation sites (tertiary alicyclic amines) is 2. The lowest BCUT2D eigenvalue weighted by Crippen LogP contribution is -2.52. The molecule has 0 saturated carbocycles. The molecule has 0 aromatic carbocycles. The first-order valence-electron chi connectivity index (χ1n) is 8.69. The predicted octanol–water partition coefficient (Wildman–Crippen LogP) is -0.0623. The monoisotopic (exact) mass is 325 g/mol.